The molecule has 14 nitrogen and oxygen atoms in total. The molecule has 0 heterocycles. The molecule has 2 atom stereocenters. The quantitative estimate of drug-likeness (QED) is 0.0496. The van der Waals surface area contributed by atoms with E-state index < -0.39 is 27.4 Å². The van der Waals surface area contributed by atoms with Crippen molar-refractivity contribution in [3.05, 3.63) is 79.1 Å². The molecule has 2 rings (SSSR count). The molecule has 0 spiro atoms. The summed E-state index contributed by atoms with van der Waals surface area (Å²) in [7, 11) is -0.181. The van der Waals surface area contributed by atoms with E-state index in [-0.39, 0.29) is 44.7 Å². The molecule has 54 heavy (non-hydrogen) atoms. The fraction of sp³-hybridized carbons (Fsp3) is 0.622. The molecule has 17 heteroatoms. The van der Waals surface area contributed by atoms with Gasteiger partial charge in [-0.1, -0.05) is 40.4 Å². The second-order valence-corrected chi connectivity index (χ2v) is 17.1. The van der Waals surface area contributed by atoms with Crippen molar-refractivity contribution in [2.45, 2.75) is 91.6 Å². The topological polar surface area (TPSA) is 170 Å². The van der Waals surface area contributed by atoms with Crippen molar-refractivity contribution >= 4 is 45.5 Å². The van der Waals surface area contributed by atoms with Gasteiger partial charge in [0.2, 0.25) is 0 Å². The molecule has 0 aromatic heterocycles. The van der Waals surface area contributed by atoms with Gasteiger partial charge in [-0.3, -0.25) is 4.18 Å². The highest BCUT2D eigenvalue weighted by molar-refractivity contribution is 7.85. The van der Waals surface area contributed by atoms with Crippen LogP contribution in [0.3, 0.4) is 0 Å². The van der Waals surface area contributed by atoms with Gasteiger partial charge < -0.3 is 28.7 Å². The lowest BCUT2D eigenvalue weighted by Gasteiger charge is -2.26. The normalized spacial score (nSPS) is 12.8. The SMILES string of the molecule is Cc1ccc(Cl)cc1C(CCN(C)C(=O)OC(C)(C)C)OCCN=[N+]=[N-].Cc1ccc(Cl)cc1C(CCN(C)C(=O)OC(C)(C)C)OCCOS(C)(=O)=O. The highest BCUT2D eigenvalue weighted by atomic mass is 35.5. The first kappa shape index (κ1) is 48.7. The van der Waals surface area contributed by atoms with Crippen molar-refractivity contribution in [1.29, 1.82) is 0 Å². The highest BCUT2D eigenvalue weighted by Crippen LogP contribution is 2.29. The molecular weight excluding hydrogens is 761 g/mol. The lowest BCUT2D eigenvalue weighted by Crippen LogP contribution is -2.35. The minimum absolute atomic E-state index is 0.0832. The minimum Gasteiger partial charge on any atom is -0.444 e. The summed E-state index contributed by atoms with van der Waals surface area (Å²) >= 11 is 12.2. The van der Waals surface area contributed by atoms with Gasteiger partial charge in [0.25, 0.3) is 10.1 Å². The Bertz CT molecular complexity index is 1660. The van der Waals surface area contributed by atoms with E-state index in [0.717, 1.165) is 28.5 Å². The van der Waals surface area contributed by atoms with E-state index >= 15 is 0 Å². The zero-order valence-corrected chi connectivity index (χ0v) is 35.7. The summed E-state index contributed by atoms with van der Waals surface area (Å²) in [4.78, 5) is 30.0. The van der Waals surface area contributed by atoms with Crippen LogP contribution in [0.1, 0.15) is 88.8 Å². The van der Waals surface area contributed by atoms with Crippen LogP contribution in [0.15, 0.2) is 41.5 Å². The van der Waals surface area contributed by atoms with Crippen LogP contribution < -0.4 is 0 Å². The van der Waals surface area contributed by atoms with Gasteiger partial charge in [0.1, 0.15) is 11.2 Å². The Hall–Kier alpha value is -3.30. The summed E-state index contributed by atoms with van der Waals surface area (Å²) in [6.45, 7) is 16.2. The molecule has 0 aliphatic heterocycles. The van der Waals surface area contributed by atoms with Gasteiger partial charge in [0, 0.05) is 48.7 Å². The van der Waals surface area contributed by atoms with Gasteiger partial charge in [-0.25, -0.2) is 9.59 Å². The number of carbonyl (C=O) groups excluding carboxylic acids is 2. The average molecular weight is 819 g/mol. The number of hydrogen-bond donors (Lipinski definition) is 0. The van der Waals surface area contributed by atoms with Gasteiger partial charge in [0.15, 0.2) is 0 Å². The maximum atomic E-state index is 12.2. The van der Waals surface area contributed by atoms with Crippen LogP contribution in [0.4, 0.5) is 9.59 Å². The van der Waals surface area contributed by atoms with Crippen molar-refractivity contribution in [1.82, 2.24) is 9.80 Å². The van der Waals surface area contributed by atoms with Crippen molar-refractivity contribution in [2.75, 3.05) is 59.8 Å². The van der Waals surface area contributed by atoms with Gasteiger partial charge in [-0.05, 0) is 120 Å². The van der Waals surface area contributed by atoms with Gasteiger partial charge in [-0.2, -0.15) is 8.42 Å². The van der Waals surface area contributed by atoms with E-state index in [4.69, 9.17) is 51.9 Å². The molecule has 2 aromatic rings. The zero-order chi connectivity index (χ0) is 41.3. The lowest BCUT2D eigenvalue weighted by molar-refractivity contribution is 0.0119. The number of amides is 2. The Morgan fingerprint density at radius 1 is 0.778 bits per heavy atom. The number of rotatable bonds is 17. The smallest absolute Gasteiger partial charge is 0.410 e. The lowest BCUT2D eigenvalue weighted by atomic mass is 10.0. The number of ether oxygens (including phenoxy) is 4. The van der Waals surface area contributed by atoms with Crippen molar-refractivity contribution in [3.63, 3.8) is 0 Å². The van der Waals surface area contributed by atoms with Crippen LogP contribution in [0, 0.1) is 13.8 Å². The molecule has 0 radical (unpaired) electrons. The fourth-order valence-corrected chi connectivity index (χ4v) is 5.45. The number of azide groups is 1. The van der Waals surface area contributed by atoms with E-state index in [1.165, 1.54) is 9.80 Å². The van der Waals surface area contributed by atoms with Gasteiger partial charge >= 0.3 is 12.2 Å². The molecule has 2 aromatic carbocycles. The second-order valence-electron chi connectivity index (χ2n) is 14.6. The molecule has 304 valence electrons. The second kappa shape index (κ2) is 22.9. The Morgan fingerprint density at radius 2 is 1.19 bits per heavy atom. The Kier molecular flexibility index (Phi) is 20.7. The summed E-state index contributed by atoms with van der Waals surface area (Å²) in [5.74, 6) is 0. The third-order valence-electron chi connectivity index (χ3n) is 7.31. The molecule has 2 amide bonds. The molecule has 2 unspecified atom stereocenters. The molecule has 0 aliphatic rings. The van der Waals surface area contributed by atoms with E-state index in [0.29, 0.717) is 36.0 Å². The first-order valence-corrected chi connectivity index (χ1v) is 20.0. The highest BCUT2D eigenvalue weighted by Gasteiger charge is 2.24. The van der Waals surface area contributed by atoms with E-state index in [2.05, 4.69) is 10.0 Å². The molecular formula is C37H57Cl2N5O9S. The monoisotopic (exact) mass is 817 g/mol. The standard InChI is InChI=1S/C19H30ClNO6S.C18H27ClN4O3/c1-14-7-8-15(20)13-16(14)17(25-11-12-26-28(6,23)24)9-10-21(5)18(22)27-19(2,3)4;1-13-6-7-14(19)12-15(13)16(25-11-9-21-22-20)8-10-23(5)17(24)26-18(2,3)4/h7-8,13,17H,9-12H2,1-6H3;6-7,12,16H,8-11H2,1-5H3. The summed E-state index contributed by atoms with van der Waals surface area (Å²) < 4.78 is 49.4. The zero-order valence-electron chi connectivity index (χ0n) is 33.4. The first-order chi connectivity index (χ1) is 24.9. The number of aryl methyl sites for hydroxylation is 2. The molecule has 0 saturated carbocycles. The van der Waals surface area contributed by atoms with Gasteiger partial charge in [-0.15, -0.1) is 0 Å². The van der Waals surface area contributed by atoms with E-state index in [1.807, 2.05) is 85.7 Å². The van der Waals surface area contributed by atoms with Crippen LogP contribution in [-0.2, 0) is 33.2 Å². The van der Waals surface area contributed by atoms with Crippen molar-refractivity contribution in [2.24, 2.45) is 5.11 Å². The largest absolute Gasteiger partial charge is 0.444 e. The van der Waals surface area contributed by atoms with Crippen LogP contribution in [-0.4, -0.2) is 101 Å². The molecule has 0 N–H and O–H groups in total. The van der Waals surface area contributed by atoms with Gasteiger partial charge in [0.05, 0.1) is 38.3 Å². The Morgan fingerprint density at radius 3 is 1.56 bits per heavy atom. The average Bonchev–Trinajstić information content (AvgIpc) is 3.04. The Labute approximate surface area is 331 Å². The number of carbonyl (C=O) groups is 2. The number of halogens is 2. The minimum atomic E-state index is -3.53. The van der Waals surface area contributed by atoms with E-state index in [9.17, 15) is 18.0 Å². The van der Waals surface area contributed by atoms with Crippen LogP contribution in [0.25, 0.3) is 10.4 Å². The number of benzene rings is 2. The fourth-order valence-electron chi connectivity index (χ4n) is 4.71. The molecule has 0 aliphatic carbocycles. The summed E-state index contributed by atoms with van der Waals surface area (Å²) in [6.07, 6.45) is 0.576. The van der Waals surface area contributed by atoms with Crippen LogP contribution in [0.5, 0.6) is 0 Å². The third-order valence-corrected chi connectivity index (χ3v) is 8.38. The molecule has 0 fully saturated rings. The maximum absolute atomic E-state index is 12.2. The molecule has 0 saturated heterocycles. The number of nitrogens with zero attached hydrogens (tertiary/aromatic N) is 5. The van der Waals surface area contributed by atoms with E-state index in [1.54, 1.807) is 20.2 Å². The maximum Gasteiger partial charge on any atom is 0.410 e. The Balaban J connectivity index is 0.000000541. The van der Waals surface area contributed by atoms with Crippen LogP contribution >= 0.6 is 23.2 Å². The number of hydrogen-bond acceptors (Lipinski definition) is 10. The summed E-state index contributed by atoms with van der Waals surface area (Å²) in [5, 5.41) is 4.68. The summed E-state index contributed by atoms with van der Waals surface area (Å²) in [5.41, 5.74) is 11.1. The third kappa shape index (κ3) is 21.0. The van der Waals surface area contributed by atoms with Crippen LogP contribution in [0.2, 0.25) is 10.0 Å². The predicted octanol–water partition coefficient (Wildman–Crippen LogP) is 9.21. The van der Waals surface area contributed by atoms with Crippen molar-refractivity contribution in [3.8, 4) is 0 Å². The predicted molar refractivity (Wildman–Crippen MR) is 212 cm³/mol. The summed E-state index contributed by atoms with van der Waals surface area (Å²) in [6, 6.07) is 11.1. The molecule has 0 bridgehead atoms. The first-order valence-electron chi connectivity index (χ1n) is 17.4. The van der Waals surface area contributed by atoms with Crippen molar-refractivity contribution < 1.29 is 41.1 Å².